The highest BCUT2D eigenvalue weighted by Crippen LogP contribution is 2.35. The van der Waals surface area contributed by atoms with Gasteiger partial charge < -0.3 is 9.84 Å². The van der Waals surface area contributed by atoms with Gasteiger partial charge in [0.05, 0.1) is 11.7 Å². The molecule has 0 spiro atoms. The molecule has 2 heteroatoms. The van der Waals surface area contributed by atoms with Crippen LogP contribution in [0.3, 0.4) is 0 Å². The number of hydrogen-bond donors (Lipinski definition) is 1. The lowest BCUT2D eigenvalue weighted by Gasteiger charge is -2.40. The maximum Gasteiger partial charge on any atom is 0.0697 e. The topological polar surface area (TPSA) is 29.5 Å². The predicted octanol–water partition coefficient (Wildman–Crippen LogP) is 4.16. The Morgan fingerprint density at radius 2 is 2.06 bits per heavy atom. The molecule has 1 rings (SSSR count). The van der Waals surface area contributed by atoms with Gasteiger partial charge in [0.2, 0.25) is 0 Å². The van der Waals surface area contributed by atoms with E-state index in [1.165, 1.54) is 25.7 Å². The average Bonchev–Trinajstić information content (AvgIpc) is 2.34. The molecule has 0 aromatic rings. The Labute approximate surface area is 113 Å². The molecule has 0 radical (unpaired) electrons. The number of hydrogen-bond acceptors (Lipinski definition) is 2. The fraction of sp³-hybridized carbons (Fsp3) is 1.00. The van der Waals surface area contributed by atoms with E-state index in [9.17, 15) is 5.11 Å². The summed E-state index contributed by atoms with van der Waals surface area (Å²) in [6.07, 6.45) is 7.86. The molecule has 108 valence electrons. The number of rotatable bonds is 7. The monoisotopic (exact) mass is 256 g/mol. The molecule has 0 bridgehead atoms. The van der Waals surface area contributed by atoms with E-state index in [4.69, 9.17) is 4.74 Å². The van der Waals surface area contributed by atoms with E-state index in [0.717, 1.165) is 25.9 Å². The summed E-state index contributed by atoms with van der Waals surface area (Å²) in [5, 5.41) is 10.8. The molecule has 0 aliphatic carbocycles. The third-order valence-electron chi connectivity index (χ3n) is 4.44. The fourth-order valence-electron chi connectivity index (χ4n) is 3.03. The van der Waals surface area contributed by atoms with E-state index in [-0.39, 0.29) is 6.10 Å². The van der Waals surface area contributed by atoms with Crippen molar-refractivity contribution in [3.05, 3.63) is 0 Å². The molecule has 2 nitrogen and oxygen atoms in total. The summed E-state index contributed by atoms with van der Waals surface area (Å²) in [7, 11) is 0. The second-order valence-corrected chi connectivity index (χ2v) is 6.45. The lowest BCUT2D eigenvalue weighted by molar-refractivity contribution is -0.126. The predicted molar refractivity (Wildman–Crippen MR) is 76.7 cm³/mol. The highest BCUT2D eigenvalue weighted by atomic mass is 16.5. The van der Waals surface area contributed by atoms with Gasteiger partial charge in [0, 0.05) is 13.0 Å². The fourth-order valence-corrected chi connectivity index (χ4v) is 3.03. The van der Waals surface area contributed by atoms with Crippen LogP contribution in [0.15, 0.2) is 0 Å². The van der Waals surface area contributed by atoms with E-state index < -0.39 is 5.60 Å². The van der Waals surface area contributed by atoms with E-state index in [1.54, 1.807) is 0 Å². The Kier molecular flexibility index (Phi) is 6.65. The molecule has 1 N–H and O–H groups in total. The van der Waals surface area contributed by atoms with Crippen molar-refractivity contribution >= 4 is 0 Å². The van der Waals surface area contributed by atoms with E-state index >= 15 is 0 Å². The minimum atomic E-state index is -0.471. The lowest BCUT2D eigenvalue weighted by Crippen LogP contribution is -2.44. The first-order valence-electron chi connectivity index (χ1n) is 7.84. The molecule has 1 saturated heterocycles. The zero-order valence-corrected chi connectivity index (χ0v) is 12.7. The Morgan fingerprint density at radius 1 is 1.33 bits per heavy atom. The minimum absolute atomic E-state index is 0.243. The van der Waals surface area contributed by atoms with E-state index in [1.807, 2.05) is 0 Å². The number of aliphatic hydroxyl groups is 1. The Morgan fingerprint density at radius 3 is 2.61 bits per heavy atom. The molecule has 1 heterocycles. The Balaban J connectivity index is 2.51. The second kappa shape index (κ2) is 7.49. The van der Waals surface area contributed by atoms with Gasteiger partial charge in [-0.15, -0.1) is 0 Å². The highest BCUT2D eigenvalue weighted by Gasteiger charge is 2.37. The molecule has 0 saturated carbocycles. The quantitative estimate of drug-likeness (QED) is 0.741. The van der Waals surface area contributed by atoms with Crippen molar-refractivity contribution in [2.45, 2.75) is 84.3 Å². The first-order valence-corrected chi connectivity index (χ1v) is 7.84. The van der Waals surface area contributed by atoms with Crippen LogP contribution in [0.4, 0.5) is 0 Å². The third kappa shape index (κ3) is 4.89. The van der Waals surface area contributed by atoms with Crippen LogP contribution in [0, 0.1) is 11.8 Å². The average molecular weight is 256 g/mol. The summed E-state index contributed by atoms with van der Waals surface area (Å²) in [4.78, 5) is 0. The van der Waals surface area contributed by atoms with Crippen LogP contribution in [-0.4, -0.2) is 23.4 Å². The van der Waals surface area contributed by atoms with Gasteiger partial charge in [0.15, 0.2) is 0 Å². The van der Waals surface area contributed by atoms with Crippen molar-refractivity contribution in [1.29, 1.82) is 0 Å². The number of unbranched alkanes of at least 4 members (excludes halogenated alkanes) is 1. The summed E-state index contributed by atoms with van der Waals surface area (Å²) in [5.41, 5.74) is -0.471. The smallest absolute Gasteiger partial charge is 0.0697 e. The second-order valence-electron chi connectivity index (χ2n) is 6.45. The lowest BCUT2D eigenvalue weighted by atomic mass is 9.78. The Bertz CT molecular complexity index is 227. The van der Waals surface area contributed by atoms with Crippen molar-refractivity contribution in [2.75, 3.05) is 6.61 Å². The maximum absolute atomic E-state index is 10.8. The van der Waals surface area contributed by atoms with Crippen molar-refractivity contribution in [2.24, 2.45) is 11.8 Å². The zero-order valence-electron chi connectivity index (χ0n) is 12.7. The molecule has 1 aliphatic heterocycles. The van der Waals surface area contributed by atoms with Crippen LogP contribution in [0.25, 0.3) is 0 Å². The van der Waals surface area contributed by atoms with Crippen LogP contribution in [-0.2, 0) is 4.74 Å². The van der Waals surface area contributed by atoms with Crippen LogP contribution in [0.5, 0.6) is 0 Å². The molecule has 0 aromatic carbocycles. The molecule has 1 fully saturated rings. The van der Waals surface area contributed by atoms with Gasteiger partial charge in [-0.1, -0.05) is 53.4 Å². The molecule has 3 unspecified atom stereocenters. The molecule has 0 aromatic heterocycles. The van der Waals surface area contributed by atoms with E-state index in [0.29, 0.717) is 11.8 Å². The number of ether oxygens (including phenoxy) is 1. The molecule has 0 amide bonds. The van der Waals surface area contributed by atoms with Gasteiger partial charge in [0.25, 0.3) is 0 Å². The summed E-state index contributed by atoms with van der Waals surface area (Å²) < 4.78 is 5.77. The normalized spacial score (nSPS) is 30.7. The largest absolute Gasteiger partial charge is 0.390 e. The van der Waals surface area contributed by atoms with Crippen LogP contribution >= 0.6 is 0 Å². The van der Waals surface area contributed by atoms with E-state index in [2.05, 4.69) is 27.7 Å². The van der Waals surface area contributed by atoms with Gasteiger partial charge in [0.1, 0.15) is 0 Å². The van der Waals surface area contributed by atoms with Crippen molar-refractivity contribution in [3.8, 4) is 0 Å². The van der Waals surface area contributed by atoms with Crippen molar-refractivity contribution < 1.29 is 9.84 Å². The van der Waals surface area contributed by atoms with Gasteiger partial charge >= 0.3 is 0 Å². The zero-order chi connectivity index (χ0) is 13.6. The minimum Gasteiger partial charge on any atom is -0.390 e. The standard InChI is InChI=1S/C16H32O2/c1-5-7-8-14(6-2)11-16(17)9-10-18-15(12-16)13(3)4/h13-15,17H,5-12H2,1-4H3. The molecule has 3 atom stereocenters. The molecular weight excluding hydrogens is 224 g/mol. The first kappa shape index (κ1) is 16.0. The van der Waals surface area contributed by atoms with Gasteiger partial charge in [-0.05, 0) is 24.7 Å². The van der Waals surface area contributed by atoms with Crippen molar-refractivity contribution in [3.63, 3.8) is 0 Å². The van der Waals surface area contributed by atoms with Crippen LogP contribution in [0.1, 0.15) is 72.6 Å². The summed E-state index contributed by atoms with van der Waals surface area (Å²) in [5.74, 6) is 1.19. The maximum atomic E-state index is 10.8. The summed E-state index contributed by atoms with van der Waals surface area (Å²) >= 11 is 0. The Hall–Kier alpha value is -0.0800. The van der Waals surface area contributed by atoms with Crippen molar-refractivity contribution in [1.82, 2.24) is 0 Å². The molecule has 1 aliphatic rings. The molecule has 18 heavy (non-hydrogen) atoms. The van der Waals surface area contributed by atoms with Crippen LogP contribution < -0.4 is 0 Å². The van der Waals surface area contributed by atoms with Crippen LogP contribution in [0.2, 0.25) is 0 Å². The summed E-state index contributed by atoms with van der Waals surface area (Å²) in [6, 6.07) is 0. The van der Waals surface area contributed by atoms with Gasteiger partial charge in [-0.2, -0.15) is 0 Å². The van der Waals surface area contributed by atoms with Gasteiger partial charge in [-0.25, -0.2) is 0 Å². The third-order valence-corrected chi connectivity index (χ3v) is 4.44. The SMILES string of the molecule is CCCCC(CC)CC1(O)CCOC(C(C)C)C1. The summed E-state index contributed by atoms with van der Waals surface area (Å²) in [6.45, 7) is 9.59. The molecular formula is C16H32O2. The highest BCUT2D eigenvalue weighted by molar-refractivity contribution is 4.88. The first-order chi connectivity index (χ1) is 8.50. The van der Waals surface area contributed by atoms with Gasteiger partial charge in [-0.3, -0.25) is 0 Å².